The van der Waals surface area contributed by atoms with Crippen molar-refractivity contribution in [2.45, 2.75) is 32.7 Å². The molecule has 0 unspecified atom stereocenters. The average molecular weight is 383 g/mol. The van der Waals surface area contributed by atoms with E-state index in [-0.39, 0.29) is 18.4 Å². The number of amides is 2. The molecule has 0 heterocycles. The molecule has 2 aromatic carbocycles. The highest BCUT2D eigenvalue weighted by Crippen LogP contribution is 2.18. The van der Waals surface area contributed by atoms with E-state index in [0.717, 1.165) is 11.4 Å². The number of carbonyl (C=O) groups excluding carboxylic acids is 2. The minimum atomic E-state index is -0.452. The summed E-state index contributed by atoms with van der Waals surface area (Å²) in [7, 11) is 3.34. The Morgan fingerprint density at radius 2 is 1.46 bits per heavy atom. The fourth-order valence-electron chi connectivity index (χ4n) is 2.64. The van der Waals surface area contributed by atoms with Crippen LogP contribution in [0.25, 0.3) is 0 Å². The molecule has 2 N–H and O–H groups in total. The summed E-state index contributed by atoms with van der Waals surface area (Å²) in [4.78, 5) is 26.4. The standard InChI is InChI=1S/C22H29N3O3/c1-15(2)17-6-8-19(9-7-17)24-22(27)16(3)25(4)14-21(26)23-18-10-12-20(28-5)13-11-18/h6-13,15-16H,14H2,1-5H3,(H,23,26)(H,24,27)/t16-/m0/s1. The molecule has 6 heteroatoms. The summed E-state index contributed by atoms with van der Waals surface area (Å²) in [5.41, 5.74) is 2.65. The van der Waals surface area contributed by atoms with Gasteiger partial charge < -0.3 is 15.4 Å². The molecular formula is C22H29N3O3. The summed E-state index contributed by atoms with van der Waals surface area (Å²) in [5, 5.41) is 5.71. The van der Waals surface area contributed by atoms with Crippen molar-refractivity contribution in [2.24, 2.45) is 0 Å². The van der Waals surface area contributed by atoms with Gasteiger partial charge in [0.25, 0.3) is 0 Å². The van der Waals surface area contributed by atoms with Crippen LogP contribution < -0.4 is 15.4 Å². The Labute approximate surface area is 166 Å². The van der Waals surface area contributed by atoms with Crippen LogP contribution in [0.4, 0.5) is 11.4 Å². The zero-order valence-electron chi connectivity index (χ0n) is 17.2. The molecule has 0 aliphatic rings. The SMILES string of the molecule is COc1ccc(NC(=O)CN(C)[C@@H](C)C(=O)Nc2ccc(C(C)C)cc2)cc1. The van der Waals surface area contributed by atoms with E-state index >= 15 is 0 Å². The fourth-order valence-corrected chi connectivity index (χ4v) is 2.64. The van der Waals surface area contributed by atoms with Gasteiger partial charge in [0.1, 0.15) is 5.75 Å². The minimum Gasteiger partial charge on any atom is -0.497 e. The van der Waals surface area contributed by atoms with Crippen LogP contribution in [-0.4, -0.2) is 43.5 Å². The molecular weight excluding hydrogens is 354 g/mol. The van der Waals surface area contributed by atoms with Crippen LogP contribution in [0.1, 0.15) is 32.3 Å². The third-order valence-corrected chi connectivity index (χ3v) is 4.65. The first-order chi connectivity index (χ1) is 13.3. The molecule has 1 atom stereocenters. The smallest absolute Gasteiger partial charge is 0.241 e. The van der Waals surface area contributed by atoms with E-state index in [1.165, 1.54) is 5.56 Å². The maximum Gasteiger partial charge on any atom is 0.241 e. The Morgan fingerprint density at radius 1 is 0.929 bits per heavy atom. The number of hydrogen-bond donors (Lipinski definition) is 2. The minimum absolute atomic E-state index is 0.104. The second-order valence-corrected chi connectivity index (χ2v) is 7.13. The van der Waals surface area contributed by atoms with Crippen molar-refractivity contribution in [2.75, 3.05) is 31.3 Å². The maximum atomic E-state index is 12.5. The number of ether oxygens (including phenoxy) is 1. The quantitative estimate of drug-likeness (QED) is 0.729. The van der Waals surface area contributed by atoms with Crippen LogP contribution in [-0.2, 0) is 9.59 Å². The molecule has 0 aliphatic heterocycles. The molecule has 2 amide bonds. The Balaban J connectivity index is 1.86. The lowest BCUT2D eigenvalue weighted by Gasteiger charge is -2.23. The molecule has 0 aromatic heterocycles. The summed E-state index contributed by atoms with van der Waals surface area (Å²) in [6.07, 6.45) is 0. The Morgan fingerprint density at radius 3 is 2.00 bits per heavy atom. The van der Waals surface area contributed by atoms with E-state index < -0.39 is 6.04 Å². The molecule has 0 saturated heterocycles. The molecule has 2 rings (SSSR count). The first kappa shape index (κ1) is 21.4. The second-order valence-electron chi connectivity index (χ2n) is 7.13. The van der Waals surface area contributed by atoms with E-state index in [9.17, 15) is 9.59 Å². The Kier molecular flexibility index (Phi) is 7.58. The number of hydrogen-bond acceptors (Lipinski definition) is 4. The van der Waals surface area contributed by atoms with Crippen LogP contribution >= 0.6 is 0 Å². The molecule has 0 aliphatic carbocycles. The summed E-state index contributed by atoms with van der Waals surface area (Å²) >= 11 is 0. The van der Waals surface area contributed by atoms with E-state index in [0.29, 0.717) is 11.6 Å². The molecule has 0 spiro atoms. The van der Waals surface area contributed by atoms with Crippen molar-refractivity contribution in [3.8, 4) is 5.75 Å². The largest absolute Gasteiger partial charge is 0.497 e. The zero-order chi connectivity index (χ0) is 20.7. The number of methoxy groups -OCH3 is 1. The van der Waals surface area contributed by atoms with Crippen LogP contribution in [0.2, 0.25) is 0 Å². The van der Waals surface area contributed by atoms with Crippen LogP contribution in [0.5, 0.6) is 5.75 Å². The zero-order valence-corrected chi connectivity index (χ0v) is 17.2. The van der Waals surface area contributed by atoms with Crippen LogP contribution in [0, 0.1) is 0 Å². The van der Waals surface area contributed by atoms with Gasteiger partial charge in [-0.1, -0.05) is 26.0 Å². The summed E-state index contributed by atoms with van der Waals surface area (Å²) in [6.45, 7) is 6.13. The van der Waals surface area contributed by atoms with E-state index in [4.69, 9.17) is 4.74 Å². The van der Waals surface area contributed by atoms with E-state index in [1.807, 2.05) is 24.3 Å². The number of carbonyl (C=O) groups is 2. The van der Waals surface area contributed by atoms with Crippen molar-refractivity contribution in [3.63, 3.8) is 0 Å². The molecule has 0 saturated carbocycles. The van der Waals surface area contributed by atoms with Gasteiger partial charge in [-0.25, -0.2) is 0 Å². The molecule has 0 bridgehead atoms. The van der Waals surface area contributed by atoms with Gasteiger partial charge in [0.05, 0.1) is 19.7 Å². The number of likely N-dealkylation sites (N-methyl/N-ethyl adjacent to an activating group) is 1. The van der Waals surface area contributed by atoms with Gasteiger partial charge in [-0.05, 0) is 61.9 Å². The van der Waals surface area contributed by atoms with Crippen LogP contribution in [0.3, 0.4) is 0 Å². The van der Waals surface area contributed by atoms with Crippen molar-refractivity contribution in [3.05, 3.63) is 54.1 Å². The van der Waals surface area contributed by atoms with Gasteiger partial charge in [0, 0.05) is 11.4 Å². The lowest BCUT2D eigenvalue weighted by atomic mass is 10.0. The van der Waals surface area contributed by atoms with Crippen molar-refractivity contribution in [1.29, 1.82) is 0 Å². The summed E-state index contributed by atoms with van der Waals surface area (Å²) in [5.74, 6) is 0.825. The highest BCUT2D eigenvalue weighted by atomic mass is 16.5. The average Bonchev–Trinajstić information content (AvgIpc) is 2.68. The van der Waals surface area contributed by atoms with Gasteiger partial charge in [0.2, 0.25) is 11.8 Å². The summed E-state index contributed by atoms with van der Waals surface area (Å²) in [6, 6.07) is 14.5. The molecule has 0 fully saturated rings. The fraction of sp³-hybridized carbons (Fsp3) is 0.364. The van der Waals surface area contributed by atoms with Gasteiger partial charge in [0.15, 0.2) is 0 Å². The van der Waals surface area contributed by atoms with Crippen molar-refractivity contribution >= 4 is 23.2 Å². The normalized spacial score (nSPS) is 12.0. The first-order valence-corrected chi connectivity index (χ1v) is 9.35. The second kappa shape index (κ2) is 9.90. The predicted molar refractivity (Wildman–Crippen MR) is 113 cm³/mol. The third-order valence-electron chi connectivity index (χ3n) is 4.65. The highest BCUT2D eigenvalue weighted by molar-refractivity contribution is 5.96. The highest BCUT2D eigenvalue weighted by Gasteiger charge is 2.20. The molecule has 2 aromatic rings. The number of benzene rings is 2. The number of rotatable bonds is 8. The van der Waals surface area contributed by atoms with E-state index in [1.54, 1.807) is 50.2 Å². The van der Waals surface area contributed by atoms with E-state index in [2.05, 4.69) is 24.5 Å². The van der Waals surface area contributed by atoms with Gasteiger partial charge in [-0.3, -0.25) is 14.5 Å². The number of nitrogens with zero attached hydrogens (tertiary/aromatic N) is 1. The first-order valence-electron chi connectivity index (χ1n) is 9.35. The van der Waals surface area contributed by atoms with Crippen LogP contribution in [0.15, 0.2) is 48.5 Å². The molecule has 28 heavy (non-hydrogen) atoms. The van der Waals surface area contributed by atoms with Crippen molar-refractivity contribution < 1.29 is 14.3 Å². The Hall–Kier alpha value is -2.86. The topological polar surface area (TPSA) is 70.7 Å². The summed E-state index contributed by atoms with van der Waals surface area (Å²) < 4.78 is 5.10. The third kappa shape index (κ3) is 6.09. The Bertz CT molecular complexity index is 786. The predicted octanol–water partition coefficient (Wildman–Crippen LogP) is 3.72. The van der Waals surface area contributed by atoms with Crippen molar-refractivity contribution in [1.82, 2.24) is 4.90 Å². The molecule has 0 radical (unpaired) electrons. The monoisotopic (exact) mass is 383 g/mol. The maximum absolute atomic E-state index is 12.5. The number of nitrogens with one attached hydrogen (secondary N) is 2. The molecule has 150 valence electrons. The van der Waals surface area contributed by atoms with Gasteiger partial charge in [-0.15, -0.1) is 0 Å². The molecule has 6 nitrogen and oxygen atoms in total. The number of anilines is 2. The lowest BCUT2D eigenvalue weighted by Crippen LogP contribution is -2.43. The lowest BCUT2D eigenvalue weighted by molar-refractivity contribution is -0.122. The van der Waals surface area contributed by atoms with Gasteiger partial charge >= 0.3 is 0 Å². The van der Waals surface area contributed by atoms with Gasteiger partial charge in [-0.2, -0.15) is 0 Å².